The molecule has 5 heteroatoms. The molecule has 0 saturated carbocycles. The number of benzene rings is 1. The van der Waals surface area contributed by atoms with E-state index in [9.17, 15) is 4.79 Å². The number of hydrogen-bond acceptors (Lipinski definition) is 4. The van der Waals surface area contributed by atoms with Gasteiger partial charge in [0.2, 0.25) is 5.91 Å². The lowest BCUT2D eigenvalue weighted by molar-refractivity contribution is 0.100. The molecule has 0 bridgehead atoms. The standard InChI is InChI=1S/C14H22N4O/c1-10(9-18-6-2-3-7-18)17-13-5-4-11(14(16)19)8-12(13)15/h4-5,8,10,17H,2-3,6-7,9,15H2,1H3,(H2,16,19). The zero-order valence-corrected chi connectivity index (χ0v) is 11.4. The quantitative estimate of drug-likeness (QED) is 0.698. The maximum atomic E-state index is 11.1. The summed E-state index contributed by atoms with van der Waals surface area (Å²) in [6, 6.07) is 5.45. The van der Waals surface area contributed by atoms with Crippen LogP contribution in [0.5, 0.6) is 0 Å². The number of nitrogens with one attached hydrogen (secondary N) is 1. The summed E-state index contributed by atoms with van der Waals surface area (Å²) in [4.78, 5) is 13.5. The van der Waals surface area contributed by atoms with Gasteiger partial charge in [0.1, 0.15) is 0 Å². The van der Waals surface area contributed by atoms with Crippen molar-refractivity contribution in [3.63, 3.8) is 0 Å². The molecule has 0 aromatic heterocycles. The molecule has 104 valence electrons. The van der Waals surface area contributed by atoms with Crippen LogP contribution >= 0.6 is 0 Å². The van der Waals surface area contributed by atoms with E-state index in [0.29, 0.717) is 17.3 Å². The third kappa shape index (κ3) is 3.61. The van der Waals surface area contributed by atoms with Crippen molar-refractivity contribution in [2.45, 2.75) is 25.8 Å². The highest BCUT2D eigenvalue weighted by Crippen LogP contribution is 2.21. The predicted molar refractivity (Wildman–Crippen MR) is 78.1 cm³/mol. The van der Waals surface area contributed by atoms with E-state index in [1.54, 1.807) is 12.1 Å². The minimum Gasteiger partial charge on any atom is -0.397 e. The largest absolute Gasteiger partial charge is 0.397 e. The van der Waals surface area contributed by atoms with E-state index >= 15 is 0 Å². The van der Waals surface area contributed by atoms with Crippen molar-refractivity contribution in [3.8, 4) is 0 Å². The Morgan fingerprint density at radius 3 is 2.68 bits per heavy atom. The summed E-state index contributed by atoms with van der Waals surface area (Å²) in [6.45, 7) is 5.51. The average molecular weight is 262 g/mol. The van der Waals surface area contributed by atoms with Gasteiger partial charge >= 0.3 is 0 Å². The van der Waals surface area contributed by atoms with Gasteiger partial charge in [-0.2, -0.15) is 0 Å². The Morgan fingerprint density at radius 2 is 2.11 bits per heavy atom. The lowest BCUT2D eigenvalue weighted by Crippen LogP contribution is -2.33. The molecule has 1 aliphatic rings. The predicted octanol–water partition coefficient (Wildman–Crippen LogP) is 1.26. The lowest BCUT2D eigenvalue weighted by atomic mass is 10.1. The molecular formula is C14H22N4O. The van der Waals surface area contributed by atoms with Crippen LogP contribution in [0.4, 0.5) is 11.4 Å². The van der Waals surface area contributed by atoms with Crippen molar-refractivity contribution in [1.29, 1.82) is 0 Å². The van der Waals surface area contributed by atoms with Gasteiger partial charge in [-0.1, -0.05) is 0 Å². The van der Waals surface area contributed by atoms with Crippen LogP contribution < -0.4 is 16.8 Å². The molecule has 1 heterocycles. The number of hydrogen-bond donors (Lipinski definition) is 3. The molecule has 5 nitrogen and oxygen atoms in total. The van der Waals surface area contributed by atoms with Crippen molar-refractivity contribution < 1.29 is 4.79 Å². The summed E-state index contributed by atoms with van der Waals surface area (Å²) in [5, 5.41) is 3.38. The van der Waals surface area contributed by atoms with Gasteiger partial charge in [0.05, 0.1) is 11.4 Å². The molecule has 1 aliphatic heterocycles. The number of amides is 1. The zero-order valence-electron chi connectivity index (χ0n) is 11.4. The number of likely N-dealkylation sites (tertiary alicyclic amines) is 1. The first-order valence-electron chi connectivity index (χ1n) is 6.74. The summed E-state index contributed by atoms with van der Waals surface area (Å²) in [7, 11) is 0. The third-order valence-corrected chi connectivity index (χ3v) is 3.47. The molecule has 1 aromatic carbocycles. The summed E-state index contributed by atoms with van der Waals surface area (Å²) in [6.07, 6.45) is 2.59. The van der Waals surface area contributed by atoms with Crippen molar-refractivity contribution in [2.75, 3.05) is 30.7 Å². The SMILES string of the molecule is CC(CN1CCCC1)Nc1ccc(C(N)=O)cc1N. The molecule has 1 unspecified atom stereocenters. The van der Waals surface area contributed by atoms with Crippen LogP contribution in [-0.4, -0.2) is 36.5 Å². The van der Waals surface area contributed by atoms with Gasteiger partial charge in [0.15, 0.2) is 0 Å². The van der Waals surface area contributed by atoms with Gasteiger partial charge in [-0.3, -0.25) is 4.79 Å². The Balaban J connectivity index is 1.96. The van der Waals surface area contributed by atoms with E-state index in [2.05, 4.69) is 17.1 Å². The van der Waals surface area contributed by atoms with Gasteiger partial charge in [-0.25, -0.2) is 0 Å². The molecule has 2 rings (SSSR count). The molecule has 0 aliphatic carbocycles. The van der Waals surface area contributed by atoms with Gasteiger partial charge in [-0.15, -0.1) is 0 Å². The van der Waals surface area contributed by atoms with E-state index in [1.165, 1.54) is 25.9 Å². The highest BCUT2D eigenvalue weighted by molar-refractivity contribution is 5.94. The Bertz CT molecular complexity index is 455. The van der Waals surface area contributed by atoms with Crippen LogP contribution in [0.15, 0.2) is 18.2 Å². The molecule has 1 fully saturated rings. The van der Waals surface area contributed by atoms with Crippen molar-refractivity contribution >= 4 is 17.3 Å². The zero-order chi connectivity index (χ0) is 13.8. The topological polar surface area (TPSA) is 84.4 Å². The molecule has 1 atom stereocenters. The number of nitrogen functional groups attached to an aromatic ring is 1. The second kappa shape index (κ2) is 5.93. The number of nitrogens with two attached hydrogens (primary N) is 2. The summed E-state index contributed by atoms with van der Waals surface area (Å²) < 4.78 is 0. The molecule has 19 heavy (non-hydrogen) atoms. The Morgan fingerprint density at radius 1 is 1.42 bits per heavy atom. The highest BCUT2D eigenvalue weighted by Gasteiger charge is 2.15. The van der Waals surface area contributed by atoms with E-state index in [4.69, 9.17) is 11.5 Å². The maximum absolute atomic E-state index is 11.1. The number of primary amides is 1. The van der Waals surface area contributed by atoms with E-state index < -0.39 is 5.91 Å². The fourth-order valence-electron chi connectivity index (χ4n) is 2.51. The minimum absolute atomic E-state index is 0.319. The van der Waals surface area contributed by atoms with E-state index in [0.717, 1.165) is 12.2 Å². The second-order valence-electron chi connectivity index (χ2n) is 5.22. The molecule has 0 radical (unpaired) electrons. The number of rotatable bonds is 5. The smallest absolute Gasteiger partial charge is 0.248 e. The van der Waals surface area contributed by atoms with Crippen LogP contribution in [-0.2, 0) is 0 Å². The third-order valence-electron chi connectivity index (χ3n) is 3.47. The van der Waals surface area contributed by atoms with Crippen LogP contribution in [0.25, 0.3) is 0 Å². The Hall–Kier alpha value is -1.75. The monoisotopic (exact) mass is 262 g/mol. The van der Waals surface area contributed by atoms with Crippen LogP contribution in [0, 0.1) is 0 Å². The van der Waals surface area contributed by atoms with Gasteiger partial charge in [0, 0.05) is 18.2 Å². The van der Waals surface area contributed by atoms with Gasteiger partial charge in [0.25, 0.3) is 0 Å². The Kier molecular flexibility index (Phi) is 4.27. The number of nitrogens with zero attached hydrogens (tertiary/aromatic N) is 1. The molecule has 1 saturated heterocycles. The normalized spacial score (nSPS) is 17.3. The molecule has 0 spiro atoms. The average Bonchev–Trinajstić information content (AvgIpc) is 2.84. The first-order valence-corrected chi connectivity index (χ1v) is 6.74. The number of carbonyl (C=O) groups excluding carboxylic acids is 1. The first-order chi connectivity index (χ1) is 9.06. The van der Waals surface area contributed by atoms with Gasteiger partial charge in [-0.05, 0) is 51.1 Å². The highest BCUT2D eigenvalue weighted by atomic mass is 16.1. The van der Waals surface area contributed by atoms with Crippen molar-refractivity contribution in [3.05, 3.63) is 23.8 Å². The first kappa shape index (κ1) is 13.7. The molecule has 1 aromatic rings. The molecule has 1 amide bonds. The summed E-state index contributed by atoms with van der Waals surface area (Å²) in [5.74, 6) is -0.455. The minimum atomic E-state index is -0.455. The van der Waals surface area contributed by atoms with Crippen LogP contribution in [0.2, 0.25) is 0 Å². The van der Waals surface area contributed by atoms with Crippen molar-refractivity contribution in [1.82, 2.24) is 4.90 Å². The second-order valence-corrected chi connectivity index (χ2v) is 5.22. The van der Waals surface area contributed by atoms with E-state index in [-0.39, 0.29) is 0 Å². The van der Waals surface area contributed by atoms with Crippen LogP contribution in [0.3, 0.4) is 0 Å². The van der Waals surface area contributed by atoms with Crippen molar-refractivity contribution in [2.24, 2.45) is 5.73 Å². The Labute approximate surface area is 113 Å². The van der Waals surface area contributed by atoms with E-state index in [1.807, 2.05) is 6.07 Å². The van der Waals surface area contributed by atoms with Gasteiger partial charge < -0.3 is 21.7 Å². The van der Waals surface area contributed by atoms with Crippen LogP contribution in [0.1, 0.15) is 30.1 Å². The number of anilines is 2. The maximum Gasteiger partial charge on any atom is 0.248 e. The summed E-state index contributed by atoms with van der Waals surface area (Å²) in [5.41, 5.74) is 13.0. The fourth-order valence-corrected chi connectivity index (χ4v) is 2.51. The lowest BCUT2D eigenvalue weighted by Gasteiger charge is -2.22. The fraction of sp³-hybridized carbons (Fsp3) is 0.500. The molecule has 5 N–H and O–H groups in total. The summed E-state index contributed by atoms with van der Waals surface area (Å²) >= 11 is 0. The molecular weight excluding hydrogens is 240 g/mol. The number of carbonyl (C=O) groups is 1.